The Labute approximate surface area is 228 Å². The number of hydrogen-bond acceptors (Lipinski definition) is 6. The van der Waals surface area contributed by atoms with Crippen molar-refractivity contribution in [2.24, 2.45) is 40.6 Å². The van der Waals surface area contributed by atoms with Crippen LogP contribution in [-0.4, -0.2) is 28.0 Å². The van der Waals surface area contributed by atoms with Crippen LogP contribution in [0.1, 0.15) is 17.5 Å². The fourth-order valence-corrected chi connectivity index (χ4v) is 7.97. The number of allylic oxidation sites excluding steroid dienone is 2. The minimum Gasteiger partial charge on any atom is -0.487 e. The maximum Gasteiger partial charge on any atom is 0.269 e. The minimum atomic E-state index is -0.433. The molecule has 1 saturated heterocycles. The zero-order valence-corrected chi connectivity index (χ0v) is 22.5. The zero-order valence-electron chi connectivity index (χ0n) is 18.2. The molecule has 35 heavy (non-hydrogen) atoms. The Morgan fingerprint density at radius 1 is 1.03 bits per heavy atom. The number of nitro benzene ring substituents is 1. The SMILES string of the molecule is O=C1[C@@H]2[C@H]3C=C[C@@H]([C@@H]4C[C@H]34)[C@H]2C(=O)N1/N=C\c1cc(I)c(OCc2ccc([N+](=O)[O-])cc2)c(I)c1. The van der Waals surface area contributed by atoms with Gasteiger partial charge in [-0.25, -0.2) is 0 Å². The molecule has 3 fully saturated rings. The first-order valence-electron chi connectivity index (χ1n) is 11.3. The van der Waals surface area contributed by atoms with Gasteiger partial charge in [-0.05, 0) is 111 Å². The predicted molar refractivity (Wildman–Crippen MR) is 143 cm³/mol. The monoisotopic (exact) mass is 695 g/mol. The van der Waals surface area contributed by atoms with Crippen molar-refractivity contribution in [3.8, 4) is 5.75 Å². The number of nitro groups is 1. The van der Waals surface area contributed by atoms with E-state index in [0.717, 1.165) is 29.7 Å². The topological polar surface area (TPSA) is 102 Å². The van der Waals surface area contributed by atoms with Crippen LogP contribution in [0.5, 0.6) is 5.75 Å². The average molecular weight is 695 g/mol. The molecule has 2 aromatic rings. The number of ether oxygens (including phenoxy) is 1. The highest BCUT2D eigenvalue weighted by Crippen LogP contribution is 2.65. The molecular weight excluding hydrogens is 676 g/mol. The van der Waals surface area contributed by atoms with Gasteiger partial charge in [0.15, 0.2) is 0 Å². The molecular formula is C25H19I2N3O5. The van der Waals surface area contributed by atoms with Crippen LogP contribution in [0.15, 0.2) is 53.7 Å². The summed E-state index contributed by atoms with van der Waals surface area (Å²) in [7, 11) is 0. The van der Waals surface area contributed by atoms with Gasteiger partial charge in [-0.2, -0.15) is 10.1 Å². The van der Waals surface area contributed by atoms with E-state index in [2.05, 4.69) is 62.4 Å². The van der Waals surface area contributed by atoms with Gasteiger partial charge >= 0.3 is 0 Å². The highest BCUT2D eigenvalue weighted by atomic mass is 127. The van der Waals surface area contributed by atoms with Crippen LogP contribution >= 0.6 is 45.2 Å². The third-order valence-electron chi connectivity index (χ3n) is 7.51. The first-order chi connectivity index (χ1) is 16.8. The number of halogens is 2. The molecule has 10 heteroatoms. The van der Waals surface area contributed by atoms with E-state index in [9.17, 15) is 19.7 Å². The third-order valence-corrected chi connectivity index (χ3v) is 9.12. The largest absolute Gasteiger partial charge is 0.487 e. The first-order valence-corrected chi connectivity index (χ1v) is 13.4. The van der Waals surface area contributed by atoms with Crippen molar-refractivity contribution in [3.05, 3.63) is 76.9 Å². The van der Waals surface area contributed by atoms with Crippen molar-refractivity contribution in [1.82, 2.24) is 5.01 Å². The van der Waals surface area contributed by atoms with E-state index >= 15 is 0 Å². The summed E-state index contributed by atoms with van der Waals surface area (Å²) in [4.78, 5) is 36.6. The van der Waals surface area contributed by atoms with E-state index in [1.165, 1.54) is 12.1 Å². The van der Waals surface area contributed by atoms with E-state index < -0.39 is 4.92 Å². The van der Waals surface area contributed by atoms with Crippen LogP contribution in [0.2, 0.25) is 0 Å². The Morgan fingerprint density at radius 2 is 1.60 bits per heavy atom. The quantitative estimate of drug-likeness (QED) is 0.108. The number of non-ortho nitro benzene ring substituents is 1. The number of imide groups is 1. The summed E-state index contributed by atoms with van der Waals surface area (Å²) in [5.74, 6) is 1.33. The van der Waals surface area contributed by atoms with Crippen LogP contribution < -0.4 is 4.74 Å². The second-order valence-corrected chi connectivity index (χ2v) is 11.7. The number of carbonyl (C=O) groups excluding carboxylic acids is 2. The summed E-state index contributed by atoms with van der Waals surface area (Å²) < 4.78 is 7.68. The number of carbonyl (C=O) groups is 2. The number of benzene rings is 2. The van der Waals surface area contributed by atoms with E-state index in [1.54, 1.807) is 18.3 Å². The molecule has 0 spiro atoms. The third kappa shape index (κ3) is 3.88. The number of amides is 2. The highest BCUT2D eigenvalue weighted by Gasteiger charge is 2.67. The van der Waals surface area contributed by atoms with E-state index in [-0.39, 0.29) is 47.8 Å². The van der Waals surface area contributed by atoms with E-state index in [0.29, 0.717) is 17.6 Å². The molecule has 0 radical (unpaired) electrons. The Hall–Kier alpha value is -2.35. The molecule has 2 aromatic carbocycles. The Balaban J connectivity index is 1.16. The summed E-state index contributed by atoms with van der Waals surface area (Å²) in [6, 6.07) is 10.0. The lowest BCUT2D eigenvalue weighted by Crippen LogP contribution is -2.40. The lowest BCUT2D eigenvalue weighted by Gasteiger charge is -2.37. The Morgan fingerprint density at radius 3 is 2.14 bits per heavy atom. The molecule has 7 rings (SSSR count). The van der Waals surface area contributed by atoms with Crippen molar-refractivity contribution in [3.63, 3.8) is 0 Å². The van der Waals surface area contributed by atoms with Crippen molar-refractivity contribution in [1.29, 1.82) is 0 Å². The maximum atomic E-state index is 13.1. The molecule has 6 atom stereocenters. The van der Waals surface area contributed by atoms with Gasteiger partial charge in [0.1, 0.15) is 12.4 Å². The van der Waals surface area contributed by atoms with Crippen LogP contribution in [0, 0.1) is 52.8 Å². The Bertz CT molecular complexity index is 1270. The number of hydrogen-bond donors (Lipinski definition) is 0. The standard InChI is InChI=1S/C25H19I2N3O5/c26-19-7-13(8-20(27)23(19)35-11-12-1-3-14(4-2-12)30(33)34)10-28-29-24(31)21-15-5-6-16(18-9-17(15)18)22(21)25(29)32/h1-8,10,15-18,21-22H,9,11H2/b28-10-/t15-,16-,17-,18+,21+,22+/m0/s1. The molecule has 2 saturated carbocycles. The lowest BCUT2D eigenvalue weighted by atomic mass is 9.63. The predicted octanol–water partition coefficient (Wildman–Crippen LogP) is 4.77. The molecule has 5 aliphatic rings. The van der Waals surface area contributed by atoms with Gasteiger partial charge in [-0.1, -0.05) is 12.2 Å². The fraction of sp³-hybridized carbons (Fsp3) is 0.320. The smallest absolute Gasteiger partial charge is 0.269 e. The minimum absolute atomic E-state index is 0.0384. The van der Waals surface area contributed by atoms with Crippen molar-refractivity contribution in [2.45, 2.75) is 13.0 Å². The number of hydrazone groups is 1. The molecule has 178 valence electrons. The van der Waals surface area contributed by atoms with Gasteiger partial charge in [-0.3, -0.25) is 19.7 Å². The van der Waals surface area contributed by atoms with Crippen LogP contribution in [0.3, 0.4) is 0 Å². The molecule has 1 aliphatic heterocycles. The fourth-order valence-electron chi connectivity index (χ4n) is 5.84. The summed E-state index contributed by atoms with van der Waals surface area (Å²) >= 11 is 4.35. The zero-order chi connectivity index (χ0) is 24.4. The second kappa shape index (κ2) is 8.64. The summed E-state index contributed by atoms with van der Waals surface area (Å²) in [6.45, 7) is 0.273. The van der Waals surface area contributed by atoms with Crippen molar-refractivity contribution < 1.29 is 19.2 Å². The van der Waals surface area contributed by atoms with Gasteiger partial charge in [0.05, 0.1) is 30.1 Å². The van der Waals surface area contributed by atoms with Gasteiger partial charge < -0.3 is 4.74 Å². The molecule has 4 aliphatic carbocycles. The first kappa shape index (κ1) is 23.1. The maximum absolute atomic E-state index is 13.1. The lowest BCUT2D eigenvalue weighted by molar-refractivity contribution is -0.384. The highest BCUT2D eigenvalue weighted by molar-refractivity contribution is 14.1. The van der Waals surface area contributed by atoms with Gasteiger partial charge in [0.2, 0.25) is 0 Å². The summed E-state index contributed by atoms with van der Waals surface area (Å²) in [5, 5.41) is 16.2. The van der Waals surface area contributed by atoms with Gasteiger partial charge in [0, 0.05) is 12.1 Å². The summed E-state index contributed by atoms with van der Waals surface area (Å²) in [5.41, 5.74) is 1.62. The van der Waals surface area contributed by atoms with Crippen LogP contribution in [0.25, 0.3) is 0 Å². The van der Waals surface area contributed by atoms with Gasteiger partial charge in [0.25, 0.3) is 17.5 Å². The molecule has 2 amide bonds. The van der Waals surface area contributed by atoms with Crippen molar-refractivity contribution >= 4 is 68.9 Å². The van der Waals surface area contributed by atoms with Gasteiger partial charge in [-0.15, -0.1) is 0 Å². The van der Waals surface area contributed by atoms with E-state index in [4.69, 9.17) is 4.74 Å². The molecule has 2 bridgehead atoms. The summed E-state index contributed by atoms with van der Waals surface area (Å²) in [6.07, 6.45) is 7.00. The average Bonchev–Trinajstić information content (AvgIpc) is 3.62. The number of rotatable bonds is 6. The molecule has 0 N–H and O–H groups in total. The molecule has 8 nitrogen and oxygen atoms in total. The van der Waals surface area contributed by atoms with E-state index in [1.807, 2.05) is 12.1 Å². The van der Waals surface area contributed by atoms with Crippen molar-refractivity contribution in [2.75, 3.05) is 0 Å². The molecule has 0 unspecified atom stereocenters. The number of nitrogens with zero attached hydrogens (tertiary/aromatic N) is 3. The molecule has 0 aromatic heterocycles. The normalized spacial score (nSPS) is 30.1. The molecule has 1 heterocycles. The van der Waals surface area contributed by atoms with Crippen LogP contribution in [-0.2, 0) is 16.2 Å². The van der Waals surface area contributed by atoms with Crippen LogP contribution in [0.4, 0.5) is 5.69 Å². The Kier molecular flexibility index (Phi) is 5.70. The second-order valence-electron chi connectivity index (χ2n) is 9.41.